The molecule has 16 nitrogen and oxygen atoms in total. The standard InChI is InChI=1S/C37H55N7O9/c1-5-51-29(46)11-7-6-8-19-44(21-18-40-33(47)25(42-23(2)45)10-9-17-41-34(38)39)35(48)52-27-14-15-37(49)28-22-24-12-13-26(50-4)31-30(24)36(37,32(27)53-31)16-20-43(28)3/h12-14,25,28,32,49H,5-11,15-22H2,1-4H3,(H,40,47)(H,42,45)(H4,38,39,41)/t25?,28-,32+,36+,37-/m1/s1. The van der Waals surface area contributed by atoms with Crippen LogP contribution in [0.2, 0.25) is 0 Å². The summed E-state index contributed by atoms with van der Waals surface area (Å²) in [5.74, 6) is 0.384. The van der Waals surface area contributed by atoms with Crippen LogP contribution in [0.25, 0.3) is 0 Å². The van der Waals surface area contributed by atoms with Crippen molar-refractivity contribution in [2.45, 2.75) is 101 Å². The summed E-state index contributed by atoms with van der Waals surface area (Å²) in [4.78, 5) is 58.5. The molecular weight excluding hydrogens is 686 g/mol. The van der Waals surface area contributed by atoms with Crippen LogP contribution in [-0.2, 0) is 35.7 Å². The molecule has 16 heteroatoms. The Morgan fingerprint density at radius 2 is 1.96 bits per heavy atom. The number of benzene rings is 1. The van der Waals surface area contributed by atoms with Crippen LogP contribution in [0.5, 0.6) is 11.5 Å². The van der Waals surface area contributed by atoms with E-state index in [2.05, 4.69) is 20.5 Å². The lowest BCUT2D eigenvalue weighted by atomic mass is 9.50. The number of hydrogen-bond donors (Lipinski definition) is 5. The number of amides is 3. The first-order valence-electron chi connectivity index (χ1n) is 18.6. The maximum Gasteiger partial charge on any atom is 0.415 e. The molecule has 292 valence electrons. The molecule has 2 bridgehead atoms. The van der Waals surface area contributed by atoms with Gasteiger partial charge in [0, 0.05) is 57.5 Å². The molecule has 0 radical (unpaired) electrons. The number of nitrogens with one attached hydrogen (secondary N) is 2. The van der Waals surface area contributed by atoms with Crippen molar-refractivity contribution in [1.82, 2.24) is 20.4 Å². The highest BCUT2D eigenvalue weighted by molar-refractivity contribution is 5.86. The van der Waals surface area contributed by atoms with Crippen LogP contribution in [0, 0.1) is 0 Å². The Morgan fingerprint density at radius 3 is 2.68 bits per heavy atom. The normalized spacial score (nSPS) is 24.1. The molecule has 0 aromatic heterocycles. The van der Waals surface area contributed by atoms with Gasteiger partial charge in [-0.3, -0.25) is 19.4 Å². The summed E-state index contributed by atoms with van der Waals surface area (Å²) >= 11 is 0. The number of carbonyl (C=O) groups is 4. The topological polar surface area (TPSA) is 220 Å². The Kier molecular flexibility index (Phi) is 12.8. The van der Waals surface area contributed by atoms with Crippen molar-refractivity contribution in [2.75, 3.05) is 53.5 Å². The highest BCUT2D eigenvalue weighted by Gasteiger charge is 2.72. The second-order valence-corrected chi connectivity index (χ2v) is 14.2. The zero-order valence-corrected chi connectivity index (χ0v) is 31.3. The number of ether oxygens (including phenoxy) is 4. The summed E-state index contributed by atoms with van der Waals surface area (Å²) < 4.78 is 23.6. The van der Waals surface area contributed by atoms with Crippen molar-refractivity contribution in [1.29, 1.82) is 0 Å². The summed E-state index contributed by atoms with van der Waals surface area (Å²) in [6, 6.07) is 2.97. The van der Waals surface area contributed by atoms with Crippen LogP contribution in [0.4, 0.5) is 4.79 Å². The molecule has 2 aliphatic carbocycles. The predicted octanol–water partition coefficient (Wildman–Crippen LogP) is 1.21. The van der Waals surface area contributed by atoms with Crippen LogP contribution >= 0.6 is 0 Å². The number of piperidine rings is 1. The minimum absolute atomic E-state index is 0.0551. The number of aliphatic imine (C=N–C) groups is 1. The number of guanidine groups is 1. The Morgan fingerprint density at radius 1 is 1.17 bits per heavy atom. The summed E-state index contributed by atoms with van der Waals surface area (Å²) in [7, 11) is 3.61. The van der Waals surface area contributed by atoms with Gasteiger partial charge in [-0.1, -0.05) is 12.5 Å². The van der Waals surface area contributed by atoms with E-state index in [1.807, 2.05) is 19.2 Å². The molecule has 3 amide bonds. The van der Waals surface area contributed by atoms with Crippen LogP contribution in [-0.4, -0.2) is 122 Å². The summed E-state index contributed by atoms with van der Waals surface area (Å²) in [5, 5.41) is 18.0. The molecule has 2 aliphatic heterocycles. The number of likely N-dealkylation sites (N-methyl/N-ethyl adjacent to an activating group) is 1. The molecular formula is C37H55N7O9. The maximum absolute atomic E-state index is 14.0. The summed E-state index contributed by atoms with van der Waals surface area (Å²) in [5.41, 5.74) is 10.8. The lowest BCUT2D eigenvalue weighted by Gasteiger charge is -2.61. The number of esters is 1. The minimum Gasteiger partial charge on any atom is -0.493 e. The molecule has 4 aliphatic rings. The minimum atomic E-state index is -1.15. The number of carbonyl (C=O) groups excluding carboxylic acids is 4. The van der Waals surface area contributed by atoms with Gasteiger partial charge in [0.15, 0.2) is 23.6 Å². The quantitative estimate of drug-likeness (QED) is 0.0621. The van der Waals surface area contributed by atoms with E-state index in [4.69, 9.17) is 30.4 Å². The molecule has 1 unspecified atom stereocenters. The smallest absolute Gasteiger partial charge is 0.415 e. The Hall–Kier alpha value is -4.57. The monoisotopic (exact) mass is 741 g/mol. The molecule has 7 N–H and O–H groups in total. The average Bonchev–Trinajstić information content (AvgIpc) is 3.47. The molecule has 5 rings (SSSR count). The fourth-order valence-corrected chi connectivity index (χ4v) is 8.48. The van der Waals surface area contributed by atoms with Crippen molar-refractivity contribution >= 4 is 29.8 Å². The molecule has 1 aromatic rings. The van der Waals surface area contributed by atoms with Gasteiger partial charge in [-0.05, 0) is 76.7 Å². The van der Waals surface area contributed by atoms with Crippen molar-refractivity contribution < 1.29 is 43.2 Å². The number of hydrogen-bond acceptors (Lipinski definition) is 11. The first-order chi connectivity index (χ1) is 25.4. The Balaban J connectivity index is 1.31. The first-order valence-corrected chi connectivity index (χ1v) is 18.6. The van der Waals surface area contributed by atoms with Crippen LogP contribution < -0.4 is 31.6 Å². The van der Waals surface area contributed by atoms with Crippen LogP contribution in [0.15, 0.2) is 29.0 Å². The van der Waals surface area contributed by atoms with Gasteiger partial charge in [-0.15, -0.1) is 0 Å². The number of rotatable bonds is 18. The number of unbranched alkanes of at least 4 members (excludes halogenated alkanes) is 2. The van der Waals surface area contributed by atoms with Crippen molar-refractivity contribution in [3.63, 3.8) is 0 Å². The van der Waals surface area contributed by atoms with E-state index in [1.54, 1.807) is 20.1 Å². The Bertz CT molecular complexity index is 1600. The molecule has 2 heterocycles. The van der Waals surface area contributed by atoms with Gasteiger partial charge in [0.1, 0.15) is 11.8 Å². The molecule has 53 heavy (non-hydrogen) atoms. The lowest BCUT2D eigenvalue weighted by molar-refractivity contribution is -0.163. The number of aliphatic hydroxyl groups is 1. The predicted molar refractivity (Wildman–Crippen MR) is 195 cm³/mol. The highest BCUT2D eigenvalue weighted by Crippen LogP contribution is 2.65. The summed E-state index contributed by atoms with van der Waals surface area (Å²) in [6.07, 6.45) is 4.81. The van der Waals surface area contributed by atoms with Gasteiger partial charge in [0.05, 0.1) is 24.7 Å². The SMILES string of the molecule is CCOC(=O)CCCCCN(CCNC(=O)C(CCCN=C(N)N)NC(C)=O)C(=O)OC1=CC[C@@]2(O)[C@H]3Cc4ccc(OC)c5c4[C@@]2(CCN3C)[C@H]1O5. The zero-order valence-electron chi connectivity index (χ0n) is 31.3. The number of nitrogens with zero attached hydrogens (tertiary/aromatic N) is 3. The average molecular weight is 742 g/mol. The number of nitrogens with two attached hydrogens (primary N) is 2. The second-order valence-electron chi connectivity index (χ2n) is 14.2. The van der Waals surface area contributed by atoms with Gasteiger partial charge in [0.25, 0.3) is 0 Å². The largest absolute Gasteiger partial charge is 0.493 e. The second kappa shape index (κ2) is 17.1. The first kappa shape index (κ1) is 39.6. The van der Waals surface area contributed by atoms with Gasteiger partial charge >= 0.3 is 12.1 Å². The van der Waals surface area contributed by atoms with Gasteiger partial charge in [-0.2, -0.15) is 0 Å². The fourth-order valence-electron chi connectivity index (χ4n) is 8.48. The summed E-state index contributed by atoms with van der Waals surface area (Å²) in [6.45, 7) is 4.94. The van der Waals surface area contributed by atoms with E-state index in [-0.39, 0.29) is 49.8 Å². The molecule has 1 aromatic carbocycles. The molecule has 5 atom stereocenters. The van der Waals surface area contributed by atoms with E-state index >= 15 is 0 Å². The van der Waals surface area contributed by atoms with Crippen molar-refractivity contribution in [3.05, 3.63) is 35.1 Å². The van der Waals surface area contributed by atoms with Crippen molar-refractivity contribution in [3.8, 4) is 11.5 Å². The van der Waals surface area contributed by atoms with E-state index in [9.17, 15) is 24.3 Å². The van der Waals surface area contributed by atoms with E-state index in [1.165, 1.54) is 11.8 Å². The molecule has 1 spiro atoms. The maximum atomic E-state index is 14.0. The number of likely N-dealkylation sites (tertiary alicyclic amines) is 1. The van der Waals surface area contributed by atoms with Crippen LogP contribution in [0.1, 0.15) is 76.3 Å². The Labute approximate surface area is 310 Å². The highest BCUT2D eigenvalue weighted by atomic mass is 16.6. The fraction of sp³-hybridized carbons (Fsp3) is 0.649. The zero-order chi connectivity index (χ0) is 38.3. The molecule has 1 saturated heterocycles. The molecule has 1 fully saturated rings. The van der Waals surface area contributed by atoms with E-state index < -0.39 is 35.2 Å². The lowest BCUT2D eigenvalue weighted by Crippen LogP contribution is -2.74. The van der Waals surface area contributed by atoms with Crippen molar-refractivity contribution in [2.24, 2.45) is 16.5 Å². The van der Waals surface area contributed by atoms with Crippen LogP contribution in [0.3, 0.4) is 0 Å². The van der Waals surface area contributed by atoms with Gasteiger partial charge in [-0.25, -0.2) is 4.79 Å². The van der Waals surface area contributed by atoms with Gasteiger partial charge in [0.2, 0.25) is 11.8 Å². The third-order valence-corrected chi connectivity index (χ3v) is 11.0. The third-order valence-electron chi connectivity index (χ3n) is 11.0. The number of methoxy groups -OCH3 is 1. The van der Waals surface area contributed by atoms with E-state index in [0.29, 0.717) is 81.9 Å². The molecule has 0 saturated carbocycles. The third kappa shape index (κ3) is 8.17. The van der Waals surface area contributed by atoms with Gasteiger partial charge < -0.3 is 56.0 Å². The van der Waals surface area contributed by atoms with E-state index in [0.717, 1.165) is 17.7 Å².